The van der Waals surface area contributed by atoms with E-state index < -0.39 is 0 Å². The van der Waals surface area contributed by atoms with Crippen LogP contribution in [0.15, 0.2) is 17.5 Å². The molecule has 4 N–H and O–H groups in total. The molecule has 2 rings (SSSR count). The summed E-state index contributed by atoms with van der Waals surface area (Å²) in [5, 5.41) is 7.70. The smallest absolute Gasteiger partial charge is 0.261 e. The highest BCUT2D eigenvalue weighted by Gasteiger charge is 2.32. The van der Waals surface area contributed by atoms with Crippen molar-refractivity contribution in [2.24, 2.45) is 11.1 Å². The van der Waals surface area contributed by atoms with Crippen molar-refractivity contribution in [2.75, 3.05) is 19.6 Å². The Hall–Kier alpha value is -1.40. The lowest BCUT2D eigenvalue weighted by Crippen LogP contribution is -2.39. The lowest BCUT2D eigenvalue weighted by Gasteiger charge is -2.35. The van der Waals surface area contributed by atoms with E-state index in [1.807, 2.05) is 11.4 Å². The van der Waals surface area contributed by atoms with Crippen LogP contribution in [0.3, 0.4) is 0 Å². The molecule has 0 radical (unpaired) electrons. The number of rotatable bonds is 8. The highest BCUT2D eigenvalue weighted by Crippen LogP contribution is 2.38. The highest BCUT2D eigenvalue weighted by molar-refractivity contribution is 7.12. The van der Waals surface area contributed by atoms with E-state index in [1.54, 1.807) is 6.07 Å². The van der Waals surface area contributed by atoms with Crippen molar-refractivity contribution in [2.45, 2.75) is 44.9 Å². The molecule has 1 aromatic heterocycles. The number of thiophene rings is 1. The SMILES string of the molecule is NCC1(CC(=O)NCCCNC(=O)c2cccs2)CCCCC1. The molecule has 0 bridgehead atoms. The van der Waals surface area contributed by atoms with Crippen molar-refractivity contribution in [1.82, 2.24) is 10.6 Å². The number of nitrogens with two attached hydrogens (primary N) is 1. The molecule has 0 aromatic carbocycles. The molecule has 0 saturated heterocycles. The summed E-state index contributed by atoms with van der Waals surface area (Å²) in [5.74, 6) is 0.0394. The molecule has 0 atom stereocenters. The maximum atomic E-state index is 12.1. The van der Waals surface area contributed by atoms with E-state index in [1.165, 1.54) is 30.6 Å². The standard InChI is InChI=1S/C17H27N3O2S/c18-13-17(7-2-1-3-8-17)12-15(21)19-9-5-10-20-16(22)14-6-4-11-23-14/h4,6,11H,1-3,5,7-10,12-13,18H2,(H,19,21)(H,20,22). The van der Waals surface area contributed by atoms with Gasteiger partial charge in [-0.1, -0.05) is 25.3 Å². The van der Waals surface area contributed by atoms with Crippen LogP contribution in [0, 0.1) is 5.41 Å². The van der Waals surface area contributed by atoms with Gasteiger partial charge < -0.3 is 16.4 Å². The van der Waals surface area contributed by atoms with Gasteiger partial charge in [0.25, 0.3) is 5.91 Å². The number of carbonyl (C=O) groups excluding carboxylic acids is 2. The van der Waals surface area contributed by atoms with Crippen molar-refractivity contribution in [3.05, 3.63) is 22.4 Å². The van der Waals surface area contributed by atoms with Gasteiger partial charge in [-0.25, -0.2) is 0 Å². The Kier molecular flexibility index (Phi) is 7.05. The first-order valence-electron chi connectivity index (χ1n) is 8.44. The van der Waals surface area contributed by atoms with Crippen LogP contribution in [0.5, 0.6) is 0 Å². The molecular weight excluding hydrogens is 310 g/mol. The summed E-state index contributed by atoms with van der Waals surface area (Å²) in [6, 6.07) is 3.66. The fraction of sp³-hybridized carbons (Fsp3) is 0.647. The van der Waals surface area contributed by atoms with Gasteiger partial charge in [0, 0.05) is 19.5 Å². The Bertz CT molecular complexity index is 496. The molecule has 2 amide bonds. The van der Waals surface area contributed by atoms with E-state index in [-0.39, 0.29) is 17.2 Å². The van der Waals surface area contributed by atoms with Gasteiger partial charge >= 0.3 is 0 Å². The predicted molar refractivity (Wildman–Crippen MR) is 93.5 cm³/mol. The molecule has 1 aliphatic rings. The molecule has 5 nitrogen and oxygen atoms in total. The zero-order chi connectivity index (χ0) is 16.5. The van der Waals surface area contributed by atoms with Gasteiger partial charge in [-0.15, -0.1) is 11.3 Å². The zero-order valence-electron chi connectivity index (χ0n) is 13.6. The first-order valence-corrected chi connectivity index (χ1v) is 9.32. The Morgan fingerprint density at radius 2 is 1.91 bits per heavy atom. The third-order valence-electron chi connectivity index (χ3n) is 4.59. The summed E-state index contributed by atoms with van der Waals surface area (Å²) < 4.78 is 0. The summed E-state index contributed by atoms with van der Waals surface area (Å²) in [5.41, 5.74) is 5.93. The van der Waals surface area contributed by atoms with Gasteiger partial charge in [-0.2, -0.15) is 0 Å². The fourth-order valence-electron chi connectivity index (χ4n) is 3.17. The minimum atomic E-state index is -0.0457. The van der Waals surface area contributed by atoms with Crippen molar-refractivity contribution in [3.63, 3.8) is 0 Å². The molecule has 1 fully saturated rings. The zero-order valence-corrected chi connectivity index (χ0v) is 14.4. The van der Waals surface area contributed by atoms with Crippen molar-refractivity contribution >= 4 is 23.2 Å². The van der Waals surface area contributed by atoms with Crippen LogP contribution in [0.4, 0.5) is 0 Å². The minimum Gasteiger partial charge on any atom is -0.356 e. The maximum Gasteiger partial charge on any atom is 0.261 e. The van der Waals surface area contributed by atoms with E-state index in [0.717, 1.165) is 24.1 Å². The third-order valence-corrected chi connectivity index (χ3v) is 5.46. The number of nitrogens with one attached hydrogen (secondary N) is 2. The summed E-state index contributed by atoms with van der Waals surface area (Å²) in [6.45, 7) is 1.75. The van der Waals surface area contributed by atoms with Gasteiger partial charge in [-0.05, 0) is 42.7 Å². The van der Waals surface area contributed by atoms with Gasteiger partial charge in [0.2, 0.25) is 5.91 Å². The van der Waals surface area contributed by atoms with Crippen molar-refractivity contribution in [3.8, 4) is 0 Å². The van der Waals surface area contributed by atoms with Crippen LogP contribution in [0.1, 0.15) is 54.6 Å². The van der Waals surface area contributed by atoms with Gasteiger partial charge in [0.15, 0.2) is 0 Å². The monoisotopic (exact) mass is 337 g/mol. The van der Waals surface area contributed by atoms with E-state index in [0.29, 0.717) is 26.1 Å². The fourth-order valence-corrected chi connectivity index (χ4v) is 3.81. The second-order valence-electron chi connectivity index (χ2n) is 6.38. The number of carbonyl (C=O) groups is 2. The van der Waals surface area contributed by atoms with E-state index in [9.17, 15) is 9.59 Å². The summed E-state index contributed by atoms with van der Waals surface area (Å²) in [6.07, 6.45) is 7.01. The Morgan fingerprint density at radius 1 is 1.17 bits per heavy atom. The topological polar surface area (TPSA) is 84.2 Å². The molecule has 128 valence electrons. The van der Waals surface area contributed by atoms with Crippen molar-refractivity contribution in [1.29, 1.82) is 0 Å². The minimum absolute atomic E-state index is 0.00964. The van der Waals surface area contributed by atoms with Crippen LogP contribution in [-0.2, 0) is 4.79 Å². The molecular formula is C17H27N3O2S. The average molecular weight is 337 g/mol. The Balaban J connectivity index is 1.60. The molecule has 0 unspecified atom stereocenters. The van der Waals surface area contributed by atoms with Crippen LogP contribution >= 0.6 is 11.3 Å². The van der Waals surface area contributed by atoms with E-state index in [4.69, 9.17) is 5.73 Å². The molecule has 1 aliphatic carbocycles. The largest absolute Gasteiger partial charge is 0.356 e. The van der Waals surface area contributed by atoms with Crippen LogP contribution < -0.4 is 16.4 Å². The molecule has 0 aliphatic heterocycles. The number of hydrogen-bond acceptors (Lipinski definition) is 4. The van der Waals surface area contributed by atoms with Crippen molar-refractivity contribution < 1.29 is 9.59 Å². The molecule has 23 heavy (non-hydrogen) atoms. The molecule has 1 saturated carbocycles. The average Bonchev–Trinajstić information content (AvgIpc) is 3.10. The Morgan fingerprint density at radius 3 is 2.57 bits per heavy atom. The predicted octanol–water partition coefficient (Wildman–Crippen LogP) is 2.28. The van der Waals surface area contributed by atoms with Crippen LogP contribution in [0.25, 0.3) is 0 Å². The van der Waals surface area contributed by atoms with Crippen LogP contribution in [-0.4, -0.2) is 31.4 Å². The molecule has 6 heteroatoms. The summed E-state index contributed by atoms with van der Waals surface area (Å²) >= 11 is 1.43. The molecule has 1 aromatic rings. The normalized spacial score (nSPS) is 16.7. The van der Waals surface area contributed by atoms with Gasteiger partial charge in [0.05, 0.1) is 4.88 Å². The number of amides is 2. The molecule has 0 spiro atoms. The third kappa shape index (κ3) is 5.62. The summed E-state index contributed by atoms with van der Waals surface area (Å²) in [7, 11) is 0. The second kappa shape index (κ2) is 9.03. The summed E-state index contributed by atoms with van der Waals surface area (Å²) in [4.78, 5) is 24.6. The van der Waals surface area contributed by atoms with Gasteiger partial charge in [0.1, 0.15) is 0 Å². The highest BCUT2D eigenvalue weighted by atomic mass is 32.1. The van der Waals surface area contributed by atoms with E-state index >= 15 is 0 Å². The lowest BCUT2D eigenvalue weighted by atomic mass is 9.71. The maximum absolute atomic E-state index is 12.1. The molecule has 1 heterocycles. The van der Waals surface area contributed by atoms with E-state index in [2.05, 4.69) is 10.6 Å². The lowest BCUT2D eigenvalue weighted by molar-refractivity contribution is -0.123. The Labute approximate surface area is 142 Å². The number of hydrogen-bond donors (Lipinski definition) is 3. The second-order valence-corrected chi connectivity index (χ2v) is 7.33. The first-order chi connectivity index (χ1) is 11.2. The van der Waals surface area contributed by atoms with Crippen LogP contribution in [0.2, 0.25) is 0 Å². The quantitative estimate of drug-likeness (QED) is 0.636. The first kappa shape index (κ1) is 17.9. The van der Waals surface area contributed by atoms with Gasteiger partial charge in [-0.3, -0.25) is 9.59 Å².